The zero-order valence-corrected chi connectivity index (χ0v) is 17.6. The van der Waals surface area contributed by atoms with Crippen molar-refractivity contribution >= 4 is 29.4 Å². The number of rotatable bonds is 2. The summed E-state index contributed by atoms with van der Waals surface area (Å²) < 4.78 is 10.1. The van der Waals surface area contributed by atoms with Gasteiger partial charge in [0.15, 0.2) is 23.8 Å². The second-order valence-electron chi connectivity index (χ2n) is 7.19. The van der Waals surface area contributed by atoms with E-state index in [9.17, 15) is 24.0 Å². The van der Waals surface area contributed by atoms with E-state index < -0.39 is 47.7 Å². The van der Waals surface area contributed by atoms with Gasteiger partial charge in [0.2, 0.25) is 5.91 Å². The molecule has 31 heavy (non-hydrogen) atoms. The van der Waals surface area contributed by atoms with Gasteiger partial charge in [0.25, 0.3) is 0 Å². The molecule has 0 radical (unpaired) electrons. The molecule has 1 aromatic rings. The normalized spacial score (nSPS) is 26.2. The molecule has 0 unspecified atom stereocenters. The summed E-state index contributed by atoms with van der Waals surface area (Å²) in [6, 6.07) is 8.59. The Kier molecular flexibility index (Phi) is 8.43. The lowest BCUT2D eigenvalue weighted by Crippen LogP contribution is -2.39. The zero-order valence-electron chi connectivity index (χ0n) is 17.6. The fourth-order valence-electron chi connectivity index (χ4n) is 2.83. The number of esters is 2. The second-order valence-corrected chi connectivity index (χ2v) is 7.19. The maximum atomic E-state index is 12.8. The Morgan fingerprint density at radius 3 is 2.03 bits per heavy atom. The molecule has 2 rings (SSSR count). The van der Waals surface area contributed by atoms with Gasteiger partial charge in [-0.2, -0.15) is 0 Å². The number of hydrogen-bond acceptors (Lipinski definition) is 7. The van der Waals surface area contributed by atoms with Crippen molar-refractivity contribution < 1.29 is 33.4 Å². The number of ether oxygens (including phenoxy) is 2. The topological polar surface area (TPSA) is 107 Å². The van der Waals surface area contributed by atoms with Crippen LogP contribution in [0.25, 0.3) is 0 Å². The molecular formula is C23H25NO7. The fraction of sp³-hybridized carbons (Fsp3) is 0.348. The second kappa shape index (κ2) is 11.0. The summed E-state index contributed by atoms with van der Waals surface area (Å²) in [4.78, 5) is 62.6. The van der Waals surface area contributed by atoms with Crippen LogP contribution in [0.3, 0.4) is 0 Å². The Morgan fingerprint density at radius 2 is 1.39 bits per heavy atom. The molecule has 0 saturated heterocycles. The molecule has 8 nitrogen and oxygen atoms in total. The average Bonchev–Trinajstić information content (AvgIpc) is 2.73. The molecule has 1 aliphatic rings. The highest BCUT2D eigenvalue weighted by Crippen LogP contribution is 2.14. The fourth-order valence-corrected chi connectivity index (χ4v) is 2.83. The predicted octanol–water partition coefficient (Wildman–Crippen LogP) is 1.92. The number of amides is 1. The minimum atomic E-state index is -1.14. The van der Waals surface area contributed by atoms with Crippen LogP contribution >= 0.6 is 0 Å². The van der Waals surface area contributed by atoms with Gasteiger partial charge in [-0.15, -0.1) is 0 Å². The molecule has 1 aliphatic heterocycles. The molecule has 1 amide bonds. The number of hydrogen-bond donors (Lipinski definition) is 0. The summed E-state index contributed by atoms with van der Waals surface area (Å²) in [5.41, 5.74) is 0.834. The van der Waals surface area contributed by atoms with Crippen molar-refractivity contribution in [2.75, 3.05) is 0 Å². The minimum absolute atomic E-state index is 0.153. The van der Waals surface area contributed by atoms with Crippen LogP contribution in [0.15, 0.2) is 54.6 Å². The molecule has 0 fully saturated rings. The lowest BCUT2D eigenvalue weighted by Gasteiger charge is -2.28. The Labute approximate surface area is 180 Å². The number of benzene rings is 1. The lowest BCUT2D eigenvalue weighted by atomic mass is 10.1. The number of carbonyl (C=O) groups is 5. The third-order valence-electron chi connectivity index (χ3n) is 4.65. The maximum Gasteiger partial charge on any atom is 0.331 e. The summed E-state index contributed by atoms with van der Waals surface area (Å²) in [7, 11) is 0. The Hall–Kier alpha value is -3.55. The largest absolute Gasteiger partial charge is 0.454 e. The Morgan fingerprint density at radius 1 is 0.806 bits per heavy atom. The quantitative estimate of drug-likeness (QED) is 0.664. The summed E-state index contributed by atoms with van der Waals surface area (Å²) in [6.45, 7) is 4.63. The van der Waals surface area contributed by atoms with Crippen molar-refractivity contribution in [2.45, 2.75) is 52.0 Å². The van der Waals surface area contributed by atoms with Crippen LogP contribution in [0.5, 0.6) is 0 Å². The van der Waals surface area contributed by atoms with Crippen LogP contribution in [-0.2, 0) is 40.0 Å². The van der Waals surface area contributed by atoms with Crippen molar-refractivity contribution in [1.82, 2.24) is 4.90 Å². The van der Waals surface area contributed by atoms with E-state index in [1.807, 2.05) is 30.3 Å². The smallest absolute Gasteiger partial charge is 0.331 e. The number of ketones is 2. The van der Waals surface area contributed by atoms with Gasteiger partial charge < -0.3 is 14.4 Å². The predicted molar refractivity (Wildman–Crippen MR) is 110 cm³/mol. The zero-order chi connectivity index (χ0) is 23.0. The van der Waals surface area contributed by atoms with Gasteiger partial charge in [0, 0.05) is 24.7 Å². The highest BCUT2D eigenvalue weighted by Gasteiger charge is 2.25. The van der Waals surface area contributed by atoms with Crippen LogP contribution in [0.1, 0.15) is 32.8 Å². The van der Waals surface area contributed by atoms with Crippen LogP contribution in [0.2, 0.25) is 0 Å². The van der Waals surface area contributed by atoms with E-state index in [0.717, 1.165) is 29.9 Å². The molecule has 0 spiro atoms. The molecule has 0 bridgehead atoms. The summed E-state index contributed by atoms with van der Waals surface area (Å²) >= 11 is 0. The van der Waals surface area contributed by atoms with Crippen LogP contribution in [0.4, 0.5) is 0 Å². The van der Waals surface area contributed by atoms with Crippen LogP contribution < -0.4 is 0 Å². The third-order valence-corrected chi connectivity index (χ3v) is 4.65. The van der Waals surface area contributed by atoms with Crippen LogP contribution in [-0.4, -0.2) is 52.6 Å². The van der Waals surface area contributed by atoms with E-state index >= 15 is 0 Å². The molecule has 1 heterocycles. The SMILES string of the molecule is C[C@@H]1OC(=O)/C=C/C(=O)[C@H](C)OC(=O)C[C@H](C)N(Cc2ccccc2)C(=O)/C=C/C1=O. The van der Waals surface area contributed by atoms with E-state index in [0.29, 0.717) is 0 Å². The van der Waals surface area contributed by atoms with Gasteiger partial charge in [-0.05, 0) is 38.5 Å². The van der Waals surface area contributed by atoms with Gasteiger partial charge in [0.05, 0.1) is 6.42 Å². The number of nitrogens with zero attached hydrogens (tertiary/aromatic N) is 1. The lowest BCUT2D eigenvalue weighted by molar-refractivity contribution is -0.154. The first-order chi connectivity index (χ1) is 14.7. The first-order valence-electron chi connectivity index (χ1n) is 9.86. The van der Waals surface area contributed by atoms with Gasteiger partial charge in [-0.1, -0.05) is 30.3 Å². The Bertz CT molecular complexity index is 904. The standard InChI is InChI=1S/C23H25NO7/c1-15-13-23(29)31-17(3)20(26)10-12-22(28)30-16(2)19(25)9-11-21(27)24(15)14-18-7-5-4-6-8-18/h4-12,15-17H,13-14H2,1-3H3/b11-9+,12-10+/t15-,16-,17-/m0/s1. The van der Waals surface area contributed by atoms with Crippen molar-refractivity contribution in [3.8, 4) is 0 Å². The number of carbonyl (C=O) groups excluding carboxylic acids is 5. The molecule has 164 valence electrons. The molecule has 0 aromatic heterocycles. The molecule has 0 N–H and O–H groups in total. The minimum Gasteiger partial charge on any atom is -0.454 e. The van der Waals surface area contributed by atoms with E-state index in [4.69, 9.17) is 9.47 Å². The highest BCUT2D eigenvalue weighted by atomic mass is 16.5. The van der Waals surface area contributed by atoms with E-state index in [1.165, 1.54) is 18.7 Å². The molecule has 0 aliphatic carbocycles. The van der Waals surface area contributed by atoms with Gasteiger partial charge in [0.1, 0.15) is 0 Å². The highest BCUT2D eigenvalue weighted by molar-refractivity contribution is 6.02. The van der Waals surface area contributed by atoms with Crippen molar-refractivity contribution in [3.63, 3.8) is 0 Å². The van der Waals surface area contributed by atoms with Crippen molar-refractivity contribution in [3.05, 3.63) is 60.2 Å². The van der Waals surface area contributed by atoms with Gasteiger partial charge in [-0.3, -0.25) is 19.2 Å². The monoisotopic (exact) mass is 427 g/mol. The summed E-state index contributed by atoms with van der Waals surface area (Å²) in [6.07, 6.45) is 1.51. The third kappa shape index (κ3) is 7.33. The summed E-state index contributed by atoms with van der Waals surface area (Å²) in [5, 5.41) is 0. The molecule has 3 atom stereocenters. The van der Waals surface area contributed by atoms with Crippen LogP contribution in [0, 0.1) is 0 Å². The average molecular weight is 427 g/mol. The molecule has 8 heteroatoms. The Balaban J connectivity index is 2.32. The maximum absolute atomic E-state index is 12.8. The number of cyclic esters (lactones) is 2. The first-order valence-corrected chi connectivity index (χ1v) is 9.86. The summed E-state index contributed by atoms with van der Waals surface area (Å²) in [5.74, 6) is -3.27. The van der Waals surface area contributed by atoms with Crippen molar-refractivity contribution in [2.24, 2.45) is 0 Å². The van der Waals surface area contributed by atoms with Crippen molar-refractivity contribution in [1.29, 1.82) is 0 Å². The molecule has 1 aromatic carbocycles. The van der Waals surface area contributed by atoms with E-state index in [1.54, 1.807) is 6.92 Å². The molecule has 0 saturated carbocycles. The van der Waals surface area contributed by atoms with Gasteiger partial charge in [-0.25, -0.2) is 4.79 Å². The first kappa shape index (κ1) is 23.7. The van der Waals surface area contributed by atoms with E-state index in [2.05, 4.69) is 0 Å². The van der Waals surface area contributed by atoms with E-state index in [-0.39, 0.29) is 13.0 Å². The van der Waals surface area contributed by atoms with Gasteiger partial charge >= 0.3 is 11.9 Å². The molecular weight excluding hydrogens is 402 g/mol.